The lowest BCUT2D eigenvalue weighted by Gasteiger charge is -2.18. The fourth-order valence-electron chi connectivity index (χ4n) is 4.05. The lowest BCUT2D eigenvalue weighted by molar-refractivity contribution is -0.137. The Kier molecular flexibility index (Phi) is 6.76. The van der Waals surface area contributed by atoms with Gasteiger partial charge in [-0.25, -0.2) is 8.42 Å². The summed E-state index contributed by atoms with van der Waals surface area (Å²) in [6.45, 7) is 0.463. The van der Waals surface area contributed by atoms with Gasteiger partial charge in [-0.1, -0.05) is 24.3 Å². The van der Waals surface area contributed by atoms with E-state index < -0.39 is 33.4 Å². The van der Waals surface area contributed by atoms with E-state index in [2.05, 4.69) is 0 Å². The number of nitrogens with zero attached hydrogens (tertiary/aromatic N) is 2. The number of halogens is 3. The standard InChI is InChI=1S/C24H23F3N2O5S/c25-24(26,27)18-5-3-4-16(12-18)17-6-8-20(21(30)13-17)22(31)15-28-14-19(7-9-23(28)32)35(33,34)29-10-1-2-11-29/h3-9,12-14,22,30-31H,1-2,10-11,15H2. The van der Waals surface area contributed by atoms with Crippen molar-refractivity contribution in [3.63, 3.8) is 0 Å². The highest BCUT2D eigenvalue weighted by molar-refractivity contribution is 7.89. The monoisotopic (exact) mass is 508 g/mol. The molecule has 1 unspecified atom stereocenters. The van der Waals surface area contributed by atoms with Crippen LogP contribution in [0, 0.1) is 0 Å². The third-order valence-corrected chi connectivity index (χ3v) is 7.82. The van der Waals surface area contributed by atoms with Gasteiger partial charge in [-0.2, -0.15) is 17.5 Å². The van der Waals surface area contributed by atoms with Crippen molar-refractivity contribution < 1.29 is 31.8 Å². The minimum Gasteiger partial charge on any atom is -0.508 e. The summed E-state index contributed by atoms with van der Waals surface area (Å²) in [6.07, 6.45) is -3.22. The third-order valence-electron chi connectivity index (χ3n) is 5.94. The zero-order chi connectivity index (χ0) is 25.4. The molecule has 186 valence electrons. The summed E-state index contributed by atoms with van der Waals surface area (Å²) in [5.41, 5.74) is -0.792. The second-order valence-corrected chi connectivity index (χ2v) is 10.3. The normalized spacial score (nSPS) is 15.9. The summed E-state index contributed by atoms with van der Waals surface area (Å²) in [5.74, 6) is -0.374. The van der Waals surface area contributed by atoms with Gasteiger partial charge in [-0.3, -0.25) is 4.79 Å². The molecule has 1 aromatic heterocycles. The molecular weight excluding hydrogens is 485 g/mol. The van der Waals surface area contributed by atoms with Gasteiger partial charge in [0.05, 0.1) is 17.0 Å². The second kappa shape index (κ2) is 9.48. The Morgan fingerprint density at radius 2 is 1.66 bits per heavy atom. The molecule has 0 amide bonds. The maximum Gasteiger partial charge on any atom is 0.416 e. The van der Waals surface area contributed by atoms with Crippen molar-refractivity contribution >= 4 is 10.0 Å². The molecule has 0 aliphatic carbocycles. The van der Waals surface area contributed by atoms with Crippen LogP contribution >= 0.6 is 0 Å². The Morgan fingerprint density at radius 3 is 2.31 bits per heavy atom. The molecule has 1 fully saturated rings. The van der Waals surface area contributed by atoms with Gasteiger partial charge in [-0.05, 0) is 48.2 Å². The smallest absolute Gasteiger partial charge is 0.416 e. The summed E-state index contributed by atoms with van der Waals surface area (Å²) in [7, 11) is -3.77. The van der Waals surface area contributed by atoms with Gasteiger partial charge in [0, 0.05) is 30.9 Å². The van der Waals surface area contributed by atoms with Crippen LogP contribution in [0.2, 0.25) is 0 Å². The second-order valence-electron chi connectivity index (χ2n) is 8.33. The van der Waals surface area contributed by atoms with Crippen LogP contribution in [-0.2, 0) is 22.7 Å². The third kappa shape index (κ3) is 5.26. The molecule has 1 aliphatic heterocycles. The summed E-state index contributed by atoms with van der Waals surface area (Å²) >= 11 is 0. The van der Waals surface area contributed by atoms with E-state index in [1.807, 2.05) is 0 Å². The van der Waals surface area contributed by atoms with Crippen LogP contribution in [0.25, 0.3) is 11.1 Å². The number of pyridine rings is 1. The molecule has 1 aliphatic rings. The van der Waals surface area contributed by atoms with Gasteiger partial charge in [0.2, 0.25) is 10.0 Å². The number of aliphatic hydroxyl groups excluding tert-OH is 1. The number of hydrogen-bond donors (Lipinski definition) is 2. The number of rotatable bonds is 6. The first-order valence-electron chi connectivity index (χ1n) is 10.9. The summed E-state index contributed by atoms with van der Waals surface area (Å²) in [4.78, 5) is 12.2. The van der Waals surface area contributed by atoms with Crippen LogP contribution in [0.15, 0.2) is 70.5 Å². The topological polar surface area (TPSA) is 99.8 Å². The van der Waals surface area contributed by atoms with Crippen molar-refractivity contribution in [3.8, 4) is 16.9 Å². The van der Waals surface area contributed by atoms with Crippen LogP contribution in [0.3, 0.4) is 0 Å². The fourth-order valence-corrected chi connectivity index (χ4v) is 5.58. The van der Waals surface area contributed by atoms with E-state index in [4.69, 9.17) is 0 Å². The Balaban J connectivity index is 1.58. The van der Waals surface area contributed by atoms with Crippen molar-refractivity contribution in [2.45, 2.75) is 36.6 Å². The van der Waals surface area contributed by atoms with E-state index in [1.54, 1.807) is 0 Å². The number of sulfonamides is 1. The zero-order valence-electron chi connectivity index (χ0n) is 18.4. The Labute approximate surface area is 199 Å². The minimum atomic E-state index is -4.52. The maximum absolute atomic E-state index is 13.0. The molecule has 2 aromatic carbocycles. The molecule has 4 rings (SSSR count). The zero-order valence-corrected chi connectivity index (χ0v) is 19.3. The Hall–Kier alpha value is -3.15. The molecule has 7 nitrogen and oxygen atoms in total. The maximum atomic E-state index is 13.0. The predicted molar refractivity (Wildman–Crippen MR) is 122 cm³/mol. The quantitative estimate of drug-likeness (QED) is 0.528. The van der Waals surface area contributed by atoms with Gasteiger partial charge in [0.15, 0.2) is 0 Å². The number of hydrogen-bond acceptors (Lipinski definition) is 5. The molecule has 1 saturated heterocycles. The molecule has 35 heavy (non-hydrogen) atoms. The van der Waals surface area contributed by atoms with Crippen molar-refractivity contribution in [2.75, 3.05) is 13.1 Å². The number of aliphatic hydroxyl groups is 1. The first-order valence-corrected chi connectivity index (χ1v) is 12.3. The van der Waals surface area contributed by atoms with Crippen LogP contribution in [0.1, 0.15) is 30.1 Å². The van der Waals surface area contributed by atoms with E-state index in [-0.39, 0.29) is 28.3 Å². The van der Waals surface area contributed by atoms with Crippen LogP contribution in [0.5, 0.6) is 5.75 Å². The number of aromatic hydroxyl groups is 1. The van der Waals surface area contributed by atoms with E-state index in [1.165, 1.54) is 40.7 Å². The van der Waals surface area contributed by atoms with Crippen molar-refractivity contribution in [1.82, 2.24) is 8.87 Å². The Morgan fingerprint density at radius 1 is 0.971 bits per heavy atom. The van der Waals surface area contributed by atoms with E-state index in [0.717, 1.165) is 41.8 Å². The van der Waals surface area contributed by atoms with Crippen LogP contribution in [-0.4, -0.2) is 40.6 Å². The van der Waals surface area contributed by atoms with Gasteiger partial charge in [0.25, 0.3) is 5.56 Å². The highest BCUT2D eigenvalue weighted by Gasteiger charge is 2.31. The highest BCUT2D eigenvalue weighted by atomic mass is 32.2. The molecule has 2 N–H and O–H groups in total. The molecule has 0 radical (unpaired) electrons. The lowest BCUT2D eigenvalue weighted by Crippen LogP contribution is -2.30. The van der Waals surface area contributed by atoms with Gasteiger partial charge in [-0.15, -0.1) is 0 Å². The number of phenolic OH excluding ortho intramolecular Hbond substituents is 1. The van der Waals surface area contributed by atoms with Crippen molar-refractivity contribution in [3.05, 3.63) is 82.3 Å². The minimum absolute atomic E-state index is 0.0421. The average Bonchev–Trinajstić information content (AvgIpc) is 3.36. The molecule has 1 atom stereocenters. The first-order chi connectivity index (χ1) is 16.5. The number of phenols is 1. The molecule has 3 aromatic rings. The number of aromatic nitrogens is 1. The fraction of sp³-hybridized carbons (Fsp3) is 0.292. The van der Waals surface area contributed by atoms with Crippen molar-refractivity contribution in [2.24, 2.45) is 0 Å². The molecule has 11 heteroatoms. The molecule has 0 saturated carbocycles. The average molecular weight is 509 g/mol. The largest absolute Gasteiger partial charge is 0.508 e. The van der Waals surface area contributed by atoms with E-state index >= 15 is 0 Å². The SMILES string of the molecule is O=c1ccc(S(=O)(=O)N2CCCC2)cn1CC(O)c1ccc(-c2cccc(C(F)(F)F)c2)cc1O. The van der Waals surface area contributed by atoms with Crippen molar-refractivity contribution in [1.29, 1.82) is 0 Å². The van der Waals surface area contributed by atoms with Gasteiger partial charge in [0.1, 0.15) is 11.9 Å². The molecule has 0 bridgehead atoms. The molecule has 2 heterocycles. The van der Waals surface area contributed by atoms with Gasteiger partial charge < -0.3 is 14.8 Å². The lowest BCUT2D eigenvalue weighted by atomic mass is 9.99. The Bertz CT molecular complexity index is 1400. The highest BCUT2D eigenvalue weighted by Crippen LogP contribution is 2.35. The molecular formula is C24H23F3N2O5S. The van der Waals surface area contributed by atoms with Gasteiger partial charge >= 0.3 is 6.18 Å². The summed E-state index contributed by atoms with van der Waals surface area (Å²) < 4.78 is 67.0. The summed E-state index contributed by atoms with van der Waals surface area (Å²) in [5, 5.41) is 21.1. The number of alkyl halides is 3. The number of benzene rings is 2. The van der Waals surface area contributed by atoms with E-state index in [0.29, 0.717) is 18.7 Å². The van der Waals surface area contributed by atoms with E-state index in [9.17, 15) is 36.6 Å². The van der Waals surface area contributed by atoms with Crippen LogP contribution < -0.4 is 5.56 Å². The predicted octanol–water partition coefficient (Wildman–Crippen LogP) is 3.76. The summed E-state index contributed by atoms with van der Waals surface area (Å²) in [6, 6.07) is 11.0. The molecule has 0 spiro atoms. The first kappa shape index (κ1) is 25.0. The van der Waals surface area contributed by atoms with Crippen LogP contribution in [0.4, 0.5) is 13.2 Å².